The van der Waals surface area contributed by atoms with Gasteiger partial charge in [-0.25, -0.2) is 8.78 Å². The molecule has 0 amide bonds. The van der Waals surface area contributed by atoms with Gasteiger partial charge in [-0.1, -0.05) is 48.5 Å². The fraction of sp³-hybridized carbons (Fsp3) is 0.241. The molecule has 1 atom stereocenters. The number of nitrogens with one attached hydrogen (secondary N) is 2. The molecule has 8 nitrogen and oxygen atoms in total. The summed E-state index contributed by atoms with van der Waals surface area (Å²) in [6.45, 7) is -0.0868. The Bertz CT molecular complexity index is 1390. The number of carboxylic acid groups (broad SMARTS) is 1. The lowest BCUT2D eigenvalue weighted by molar-refractivity contribution is -0.122. The molecule has 0 unspecified atom stereocenters. The third-order valence-electron chi connectivity index (χ3n) is 5.87. The number of ether oxygens (including phenoxy) is 1. The molecule has 1 aromatic heterocycles. The Morgan fingerprint density at radius 1 is 0.974 bits per heavy atom. The van der Waals surface area contributed by atoms with Gasteiger partial charge in [0.15, 0.2) is 6.61 Å². The van der Waals surface area contributed by atoms with Crippen LogP contribution in [-0.2, 0) is 17.6 Å². The first-order valence-electron chi connectivity index (χ1n) is 12.2. The molecular weight excluding hydrogens is 510 g/mol. The molecule has 0 radical (unpaired) electrons. The first kappa shape index (κ1) is 29.3. The number of benzene rings is 3. The molecular formula is C29H30F2N2O6. The van der Waals surface area contributed by atoms with Crippen LogP contribution in [0.4, 0.5) is 8.78 Å². The maximum atomic E-state index is 14.2. The molecule has 0 fully saturated rings. The van der Waals surface area contributed by atoms with E-state index in [-0.39, 0.29) is 30.7 Å². The van der Waals surface area contributed by atoms with Gasteiger partial charge < -0.3 is 30.4 Å². The Balaban J connectivity index is 0.00000134. The lowest BCUT2D eigenvalue weighted by Crippen LogP contribution is -2.28. The van der Waals surface area contributed by atoms with Gasteiger partial charge in [0.1, 0.15) is 11.5 Å². The van der Waals surface area contributed by atoms with E-state index in [0.717, 1.165) is 5.56 Å². The molecule has 0 aliphatic heterocycles. The number of carbonyl (C=O) groups is 1. The summed E-state index contributed by atoms with van der Waals surface area (Å²) in [7, 11) is 0. The maximum absolute atomic E-state index is 14.2. The van der Waals surface area contributed by atoms with E-state index in [4.69, 9.17) is 14.6 Å². The molecule has 5 N–H and O–H groups in total. The fourth-order valence-corrected chi connectivity index (χ4v) is 4.02. The molecule has 206 valence electrons. The van der Waals surface area contributed by atoms with Crippen molar-refractivity contribution in [2.45, 2.75) is 24.9 Å². The summed E-state index contributed by atoms with van der Waals surface area (Å²) in [4.78, 5) is 22.5. The molecule has 4 aromatic rings. The summed E-state index contributed by atoms with van der Waals surface area (Å²) < 4.78 is 33.7. The van der Waals surface area contributed by atoms with Gasteiger partial charge in [0, 0.05) is 24.4 Å². The summed E-state index contributed by atoms with van der Waals surface area (Å²) in [5, 5.41) is 31.3. The Morgan fingerprint density at radius 3 is 2.36 bits per heavy atom. The fourth-order valence-electron chi connectivity index (χ4n) is 4.02. The van der Waals surface area contributed by atoms with Crippen LogP contribution in [-0.4, -0.2) is 52.4 Å². The number of halogens is 2. The van der Waals surface area contributed by atoms with Crippen molar-refractivity contribution >= 4 is 17.4 Å². The number of aromatic hydroxyl groups is 1. The van der Waals surface area contributed by atoms with E-state index in [1.165, 1.54) is 12.1 Å². The zero-order valence-electron chi connectivity index (χ0n) is 21.0. The molecule has 0 saturated carbocycles. The molecule has 0 spiro atoms. The van der Waals surface area contributed by atoms with Crippen molar-refractivity contribution in [1.82, 2.24) is 10.3 Å². The van der Waals surface area contributed by atoms with E-state index in [1.807, 2.05) is 12.1 Å². The van der Waals surface area contributed by atoms with Crippen molar-refractivity contribution in [2.24, 2.45) is 0 Å². The predicted octanol–water partition coefficient (Wildman–Crippen LogP) is 4.06. The highest BCUT2D eigenvalue weighted by atomic mass is 19.3. The third kappa shape index (κ3) is 8.91. The minimum Gasteiger partial charge on any atom is -0.506 e. The van der Waals surface area contributed by atoms with E-state index >= 15 is 0 Å². The van der Waals surface area contributed by atoms with Crippen LogP contribution in [0.5, 0.6) is 11.5 Å². The van der Waals surface area contributed by atoms with Crippen LogP contribution < -0.4 is 15.6 Å². The van der Waals surface area contributed by atoms with Crippen LogP contribution in [0.3, 0.4) is 0 Å². The molecule has 0 saturated heterocycles. The third-order valence-corrected chi connectivity index (χ3v) is 5.87. The van der Waals surface area contributed by atoms with E-state index in [2.05, 4.69) is 10.3 Å². The van der Waals surface area contributed by atoms with Gasteiger partial charge in [0.05, 0.1) is 11.6 Å². The van der Waals surface area contributed by atoms with Crippen molar-refractivity contribution in [3.8, 4) is 11.5 Å². The topological polar surface area (TPSA) is 132 Å². The molecule has 1 heterocycles. The number of aliphatic hydroxyl groups is 1. The minimum absolute atomic E-state index is 0.0565. The standard InChI is InChI=1S/C28H28F2N2O4.CH2O2/c29-28(30,16-20-4-2-1-3-5-20)18-36-21-8-6-19(7-9-21)14-15-31-17-25(34)22-10-12-24(33)27-23(22)11-13-26(35)32-27;2-1-3/h1-13,25,31,33-34H,14-18H2,(H,32,35);1H,(H,2,3)/t25-;/m1./s1. The molecule has 0 bridgehead atoms. The van der Waals surface area contributed by atoms with Crippen LogP contribution in [0.1, 0.15) is 22.8 Å². The number of H-pyrrole nitrogens is 1. The number of aromatic amines is 1. The highest BCUT2D eigenvalue weighted by Gasteiger charge is 2.30. The Hall–Kier alpha value is -4.28. The van der Waals surface area contributed by atoms with Crippen molar-refractivity contribution in [3.63, 3.8) is 0 Å². The number of hydrogen-bond donors (Lipinski definition) is 5. The number of phenols is 1. The SMILES string of the molecule is O=CO.O=c1ccc2c([C@H](O)CNCCc3ccc(OCC(F)(F)Cc4ccccc4)cc3)ccc(O)c2[nH]1. The van der Waals surface area contributed by atoms with E-state index in [0.29, 0.717) is 40.7 Å². The number of phenolic OH excluding ortho intramolecular Hbond substituents is 1. The first-order valence-corrected chi connectivity index (χ1v) is 12.2. The Morgan fingerprint density at radius 2 is 1.67 bits per heavy atom. The summed E-state index contributed by atoms with van der Waals surface area (Å²) in [6, 6.07) is 21.6. The highest BCUT2D eigenvalue weighted by Crippen LogP contribution is 2.28. The van der Waals surface area contributed by atoms with Gasteiger partial charge in [-0.3, -0.25) is 9.59 Å². The Kier molecular flexibility index (Phi) is 10.5. The average Bonchev–Trinajstić information content (AvgIpc) is 2.92. The van der Waals surface area contributed by atoms with Crippen molar-refractivity contribution < 1.29 is 33.6 Å². The van der Waals surface area contributed by atoms with Gasteiger partial charge >= 0.3 is 0 Å². The van der Waals surface area contributed by atoms with E-state index < -0.39 is 18.6 Å². The number of pyridine rings is 1. The molecule has 4 rings (SSSR count). The maximum Gasteiger partial charge on any atom is 0.290 e. The van der Waals surface area contributed by atoms with Crippen molar-refractivity contribution in [2.75, 3.05) is 19.7 Å². The zero-order valence-corrected chi connectivity index (χ0v) is 21.0. The van der Waals surface area contributed by atoms with Crippen molar-refractivity contribution in [3.05, 3.63) is 106 Å². The number of aliphatic hydroxyl groups excluding tert-OH is 1. The van der Waals surface area contributed by atoms with Crippen LogP contribution in [0.2, 0.25) is 0 Å². The second-order valence-corrected chi connectivity index (χ2v) is 8.81. The minimum atomic E-state index is -2.97. The smallest absolute Gasteiger partial charge is 0.290 e. The Labute approximate surface area is 223 Å². The van der Waals surface area contributed by atoms with Gasteiger partial charge in [-0.15, -0.1) is 0 Å². The van der Waals surface area contributed by atoms with Crippen molar-refractivity contribution in [1.29, 1.82) is 0 Å². The van der Waals surface area contributed by atoms with Gasteiger partial charge in [0.2, 0.25) is 5.56 Å². The number of hydrogen-bond acceptors (Lipinski definition) is 6. The van der Waals surface area contributed by atoms with Crippen LogP contribution in [0.25, 0.3) is 10.9 Å². The monoisotopic (exact) mass is 540 g/mol. The summed E-state index contributed by atoms with van der Waals surface area (Å²) in [6.07, 6.45) is -0.547. The van der Waals surface area contributed by atoms with Crippen LogP contribution in [0.15, 0.2) is 83.7 Å². The highest BCUT2D eigenvalue weighted by molar-refractivity contribution is 5.87. The largest absolute Gasteiger partial charge is 0.506 e. The summed E-state index contributed by atoms with van der Waals surface area (Å²) in [5.41, 5.74) is 2.11. The van der Waals surface area contributed by atoms with Crippen LogP contribution >= 0.6 is 0 Å². The zero-order chi connectivity index (χ0) is 28.3. The lowest BCUT2D eigenvalue weighted by Gasteiger charge is -2.17. The summed E-state index contributed by atoms with van der Waals surface area (Å²) >= 11 is 0. The second kappa shape index (κ2) is 14.0. The van der Waals surface area contributed by atoms with Gasteiger partial charge in [-0.2, -0.15) is 0 Å². The molecule has 0 aliphatic carbocycles. The van der Waals surface area contributed by atoms with Crippen LogP contribution in [0, 0.1) is 0 Å². The number of fused-ring (bicyclic) bond motifs is 1. The molecule has 39 heavy (non-hydrogen) atoms. The number of alkyl halides is 2. The molecule has 3 aromatic carbocycles. The van der Waals surface area contributed by atoms with Gasteiger partial charge in [0.25, 0.3) is 12.4 Å². The van der Waals surface area contributed by atoms with E-state index in [1.54, 1.807) is 54.6 Å². The lowest BCUT2D eigenvalue weighted by atomic mass is 10.0. The second-order valence-electron chi connectivity index (χ2n) is 8.81. The summed E-state index contributed by atoms with van der Waals surface area (Å²) in [5.74, 6) is -2.64. The predicted molar refractivity (Wildman–Crippen MR) is 143 cm³/mol. The molecule has 0 aliphatic rings. The normalized spacial score (nSPS) is 11.9. The number of aromatic nitrogens is 1. The number of rotatable bonds is 11. The first-order chi connectivity index (χ1) is 18.7. The molecule has 10 heteroatoms. The van der Waals surface area contributed by atoms with Gasteiger partial charge in [-0.05, 0) is 53.9 Å². The van der Waals surface area contributed by atoms with E-state index in [9.17, 15) is 23.8 Å². The average molecular weight is 541 g/mol. The quantitative estimate of drug-likeness (QED) is 0.143.